The van der Waals surface area contributed by atoms with Crippen molar-refractivity contribution in [2.75, 3.05) is 7.11 Å². The molecule has 0 radical (unpaired) electrons. The van der Waals surface area contributed by atoms with Crippen LogP contribution in [0.25, 0.3) is 0 Å². The molecule has 0 saturated heterocycles. The highest BCUT2D eigenvalue weighted by molar-refractivity contribution is 5.49. The first-order chi connectivity index (χ1) is 6.56. The van der Waals surface area contributed by atoms with Crippen molar-refractivity contribution in [3.8, 4) is 5.75 Å². The Morgan fingerprint density at radius 3 is 2.71 bits per heavy atom. The number of rotatable bonds is 1. The quantitative estimate of drug-likeness (QED) is 0.667. The predicted octanol–water partition coefficient (Wildman–Crippen LogP) is 3.06. The van der Waals surface area contributed by atoms with Crippen molar-refractivity contribution in [3.05, 3.63) is 29.1 Å². The van der Waals surface area contributed by atoms with Gasteiger partial charge in [-0.15, -0.1) is 0 Å². The van der Waals surface area contributed by atoms with E-state index in [-0.39, 0.29) is 11.2 Å². The van der Waals surface area contributed by atoms with Crippen LogP contribution in [0.4, 0.5) is 4.39 Å². The van der Waals surface area contributed by atoms with Crippen LogP contribution in [-0.2, 0) is 11.8 Å². The highest BCUT2D eigenvalue weighted by atomic mass is 19.1. The van der Waals surface area contributed by atoms with E-state index in [0.29, 0.717) is 0 Å². The summed E-state index contributed by atoms with van der Waals surface area (Å²) in [6, 6.07) is 3.22. The van der Waals surface area contributed by atoms with Gasteiger partial charge in [-0.05, 0) is 36.0 Å². The lowest BCUT2D eigenvalue weighted by atomic mass is 9.86. The molecule has 0 heterocycles. The van der Waals surface area contributed by atoms with Crippen LogP contribution in [0.2, 0.25) is 0 Å². The van der Waals surface area contributed by atoms with Crippen molar-refractivity contribution in [1.29, 1.82) is 0 Å². The molecular weight excluding hydrogens is 179 g/mol. The van der Waals surface area contributed by atoms with E-state index < -0.39 is 0 Å². The molecule has 0 aromatic heterocycles. The van der Waals surface area contributed by atoms with Crippen molar-refractivity contribution >= 4 is 0 Å². The lowest BCUT2D eigenvalue weighted by molar-refractivity contribution is 0.394. The zero-order valence-corrected chi connectivity index (χ0v) is 8.86. The van der Waals surface area contributed by atoms with Crippen molar-refractivity contribution in [1.82, 2.24) is 0 Å². The molecule has 0 unspecified atom stereocenters. The molecular formula is C12H15FO. The van der Waals surface area contributed by atoms with Gasteiger partial charge in [0.1, 0.15) is 11.6 Å². The third-order valence-electron chi connectivity index (χ3n) is 3.11. The number of methoxy groups -OCH3 is 1. The number of halogens is 1. The topological polar surface area (TPSA) is 9.23 Å². The van der Waals surface area contributed by atoms with E-state index in [4.69, 9.17) is 4.74 Å². The Morgan fingerprint density at radius 2 is 2.07 bits per heavy atom. The second-order valence-corrected chi connectivity index (χ2v) is 4.49. The fourth-order valence-electron chi connectivity index (χ4n) is 2.32. The van der Waals surface area contributed by atoms with E-state index in [1.165, 1.54) is 6.07 Å². The summed E-state index contributed by atoms with van der Waals surface area (Å²) in [6.45, 7) is 4.28. The second-order valence-electron chi connectivity index (χ2n) is 4.49. The van der Waals surface area contributed by atoms with Crippen LogP contribution in [0.15, 0.2) is 12.1 Å². The van der Waals surface area contributed by atoms with Gasteiger partial charge < -0.3 is 4.74 Å². The maximum Gasteiger partial charge on any atom is 0.126 e. The Balaban J connectivity index is 2.66. The third kappa shape index (κ3) is 1.21. The molecule has 0 bridgehead atoms. The van der Waals surface area contributed by atoms with Gasteiger partial charge in [-0.3, -0.25) is 0 Å². The van der Waals surface area contributed by atoms with E-state index in [2.05, 4.69) is 13.8 Å². The lowest BCUT2D eigenvalue weighted by Crippen LogP contribution is -2.13. The first-order valence-corrected chi connectivity index (χ1v) is 4.92. The molecule has 1 nitrogen and oxygen atoms in total. The lowest BCUT2D eigenvalue weighted by Gasteiger charge is -2.21. The van der Waals surface area contributed by atoms with Crippen molar-refractivity contribution < 1.29 is 9.13 Å². The largest absolute Gasteiger partial charge is 0.496 e. The van der Waals surface area contributed by atoms with E-state index >= 15 is 0 Å². The molecule has 2 heteroatoms. The zero-order valence-electron chi connectivity index (χ0n) is 8.86. The van der Waals surface area contributed by atoms with E-state index in [0.717, 1.165) is 29.7 Å². The Hall–Kier alpha value is -1.05. The Kier molecular flexibility index (Phi) is 2.02. The predicted molar refractivity (Wildman–Crippen MR) is 54.3 cm³/mol. The Labute approximate surface area is 83.9 Å². The molecule has 0 amide bonds. The summed E-state index contributed by atoms with van der Waals surface area (Å²) in [5, 5.41) is 0. The highest BCUT2D eigenvalue weighted by Crippen LogP contribution is 2.44. The molecule has 1 aliphatic carbocycles. The van der Waals surface area contributed by atoms with Gasteiger partial charge in [0, 0.05) is 5.56 Å². The zero-order chi connectivity index (χ0) is 10.3. The van der Waals surface area contributed by atoms with Gasteiger partial charge in [-0.25, -0.2) is 4.39 Å². The molecule has 0 spiro atoms. The number of fused-ring (bicyclic) bond motifs is 1. The minimum Gasteiger partial charge on any atom is -0.496 e. The van der Waals surface area contributed by atoms with Crippen LogP contribution >= 0.6 is 0 Å². The second kappa shape index (κ2) is 2.97. The molecule has 2 rings (SSSR count). The number of hydrogen-bond donors (Lipinski definition) is 0. The molecule has 1 aromatic carbocycles. The SMILES string of the molecule is COc1ccc(F)c2c1C(C)(C)CC2. The van der Waals surface area contributed by atoms with E-state index in [1.54, 1.807) is 13.2 Å². The summed E-state index contributed by atoms with van der Waals surface area (Å²) < 4.78 is 18.8. The van der Waals surface area contributed by atoms with Crippen molar-refractivity contribution in [3.63, 3.8) is 0 Å². The number of hydrogen-bond acceptors (Lipinski definition) is 1. The molecule has 14 heavy (non-hydrogen) atoms. The highest BCUT2D eigenvalue weighted by Gasteiger charge is 2.34. The summed E-state index contributed by atoms with van der Waals surface area (Å²) in [5.41, 5.74) is 1.94. The average Bonchev–Trinajstić information content (AvgIpc) is 2.45. The monoisotopic (exact) mass is 194 g/mol. The maximum atomic E-state index is 13.5. The fourth-order valence-corrected chi connectivity index (χ4v) is 2.32. The van der Waals surface area contributed by atoms with Gasteiger partial charge in [0.05, 0.1) is 7.11 Å². The summed E-state index contributed by atoms with van der Waals surface area (Å²) in [7, 11) is 1.64. The molecule has 0 saturated carbocycles. The molecule has 1 aromatic rings. The van der Waals surface area contributed by atoms with Crippen LogP contribution < -0.4 is 4.74 Å². The van der Waals surface area contributed by atoms with Crippen LogP contribution in [0, 0.1) is 5.82 Å². The van der Waals surface area contributed by atoms with Gasteiger partial charge in [0.2, 0.25) is 0 Å². The Morgan fingerprint density at radius 1 is 1.36 bits per heavy atom. The molecule has 0 aliphatic heterocycles. The normalized spacial score (nSPS) is 18.0. The van der Waals surface area contributed by atoms with Crippen LogP contribution in [-0.4, -0.2) is 7.11 Å². The summed E-state index contributed by atoms with van der Waals surface area (Å²) in [4.78, 5) is 0. The van der Waals surface area contributed by atoms with Crippen LogP contribution in [0.1, 0.15) is 31.4 Å². The molecule has 0 atom stereocenters. The first-order valence-electron chi connectivity index (χ1n) is 4.92. The molecule has 0 fully saturated rings. The maximum absolute atomic E-state index is 13.5. The average molecular weight is 194 g/mol. The first kappa shape index (κ1) is 9.50. The molecule has 76 valence electrons. The molecule has 0 N–H and O–H groups in total. The van der Waals surface area contributed by atoms with E-state index in [9.17, 15) is 4.39 Å². The van der Waals surface area contributed by atoms with Crippen molar-refractivity contribution in [2.24, 2.45) is 0 Å². The summed E-state index contributed by atoms with van der Waals surface area (Å²) in [5.74, 6) is 0.732. The molecule has 1 aliphatic rings. The van der Waals surface area contributed by atoms with Crippen LogP contribution in [0.3, 0.4) is 0 Å². The van der Waals surface area contributed by atoms with Gasteiger partial charge in [-0.2, -0.15) is 0 Å². The van der Waals surface area contributed by atoms with Crippen LogP contribution in [0.5, 0.6) is 5.75 Å². The number of ether oxygens (including phenoxy) is 1. The van der Waals surface area contributed by atoms with Gasteiger partial charge in [0.15, 0.2) is 0 Å². The summed E-state index contributed by atoms with van der Waals surface area (Å²) >= 11 is 0. The summed E-state index contributed by atoms with van der Waals surface area (Å²) in [6.07, 6.45) is 1.82. The smallest absolute Gasteiger partial charge is 0.126 e. The minimum atomic E-state index is -0.0913. The fraction of sp³-hybridized carbons (Fsp3) is 0.500. The standard InChI is InChI=1S/C12H15FO/c1-12(2)7-6-8-9(13)4-5-10(14-3)11(8)12/h4-5H,6-7H2,1-3H3. The van der Waals surface area contributed by atoms with E-state index in [1.807, 2.05) is 0 Å². The van der Waals surface area contributed by atoms with Gasteiger partial charge in [0.25, 0.3) is 0 Å². The van der Waals surface area contributed by atoms with Gasteiger partial charge >= 0.3 is 0 Å². The van der Waals surface area contributed by atoms with Gasteiger partial charge in [-0.1, -0.05) is 13.8 Å². The Bertz CT molecular complexity index is 369. The van der Waals surface area contributed by atoms with Crippen molar-refractivity contribution in [2.45, 2.75) is 32.1 Å². The minimum absolute atomic E-state index is 0.0444. The third-order valence-corrected chi connectivity index (χ3v) is 3.11. The number of benzene rings is 1.